The summed E-state index contributed by atoms with van der Waals surface area (Å²) in [5.41, 5.74) is 0.835. The van der Waals surface area contributed by atoms with Crippen molar-refractivity contribution in [3.63, 3.8) is 0 Å². The van der Waals surface area contributed by atoms with Gasteiger partial charge in [-0.05, 0) is 31.9 Å². The topological polar surface area (TPSA) is 40.5 Å². The van der Waals surface area contributed by atoms with Crippen molar-refractivity contribution < 1.29 is 9.90 Å². The molecule has 1 aliphatic rings. The van der Waals surface area contributed by atoms with Gasteiger partial charge in [0.05, 0.1) is 11.6 Å². The molecule has 96 valence electrons. The lowest BCUT2D eigenvalue weighted by molar-refractivity contribution is -0.0176. The third kappa shape index (κ3) is 2.06. The lowest BCUT2D eigenvalue weighted by atomic mass is 9.93. The van der Waals surface area contributed by atoms with Crippen molar-refractivity contribution in [1.29, 1.82) is 0 Å². The number of carbonyl (C=O) groups excluding carboxylic acids is 1. The minimum absolute atomic E-state index is 0.00226. The molecule has 1 amide bonds. The summed E-state index contributed by atoms with van der Waals surface area (Å²) in [7, 11) is 0. The molecule has 0 saturated carbocycles. The third-order valence-corrected chi connectivity index (χ3v) is 3.77. The van der Waals surface area contributed by atoms with E-state index in [0.29, 0.717) is 13.0 Å². The second kappa shape index (κ2) is 4.58. The lowest BCUT2D eigenvalue weighted by Gasteiger charge is -2.36. The zero-order chi connectivity index (χ0) is 13.3. The molecule has 0 fully saturated rings. The molecule has 0 spiro atoms. The molecule has 3 heteroatoms. The van der Waals surface area contributed by atoms with E-state index < -0.39 is 5.60 Å². The molecule has 3 nitrogen and oxygen atoms in total. The van der Waals surface area contributed by atoms with Crippen molar-refractivity contribution in [2.24, 2.45) is 0 Å². The smallest absolute Gasteiger partial charge is 0.254 e. The van der Waals surface area contributed by atoms with Gasteiger partial charge in [-0.3, -0.25) is 4.79 Å². The van der Waals surface area contributed by atoms with Gasteiger partial charge in [-0.2, -0.15) is 0 Å². The first-order valence-electron chi connectivity index (χ1n) is 6.19. The van der Waals surface area contributed by atoms with Crippen LogP contribution < -0.4 is 0 Å². The van der Waals surface area contributed by atoms with Gasteiger partial charge in [0.1, 0.15) is 0 Å². The molecule has 0 radical (unpaired) electrons. The molecule has 1 heterocycles. The highest BCUT2D eigenvalue weighted by atomic mass is 16.3. The van der Waals surface area contributed by atoms with Gasteiger partial charge < -0.3 is 10.0 Å². The monoisotopic (exact) mass is 245 g/mol. The normalized spacial score (nSPS) is 19.3. The van der Waals surface area contributed by atoms with Gasteiger partial charge in [0.25, 0.3) is 5.91 Å². The van der Waals surface area contributed by atoms with E-state index in [9.17, 15) is 9.90 Å². The van der Waals surface area contributed by atoms with Crippen molar-refractivity contribution in [3.8, 4) is 0 Å². The van der Waals surface area contributed by atoms with E-state index >= 15 is 0 Å². The fourth-order valence-electron chi connectivity index (χ4n) is 2.39. The zero-order valence-corrected chi connectivity index (χ0v) is 10.9. The molecule has 1 aliphatic heterocycles. The molecule has 18 heavy (non-hydrogen) atoms. The number of hydrogen-bond donors (Lipinski definition) is 1. The molecule has 0 saturated heterocycles. The minimum atomic E-state index is -0.945. The number of hydrogen-bond acceptors (Lipinski definition) is 2. The van der Waals surface area contributed by atoms with Crippen molar-refractivity contribution in [2.45, 2.75) is 38.5 Å². The maximum absolute atomic E-state index is 12.3. The third-order valence-electron chi connectivity index (χ3n) is 3.77. The van der Waals surface area contributed by atoms with E-state index in [2.05, 4.69) is 6.58 Å². The molecule has 0 aromatic heterocycles. The van der Waals surface area contributed by atoms with Crippen molar-refractivity contribution in [2.75, 3.05) is 0 Å². The number of aliphatic hydroxyl groups is 1. The van der Waals surface area contributed by atoms with Gasteiger partial charge in [0.15, 0.2) is 0 Å². The SMILES string of the molecule is C=CC[C@](C)(O)[C@@H](C)N1Cc2ccccc2C1=O. The lowest BCUT2D eigenvalue weighted by Crippen LogP contribution is -2.49. The molecular formula is C15H19NO2. The standard InChI is InChI=1S/C15H19NO2/c1-4-9-15(3,18)11(2)16-10-12-7-5-6-8-13(12)14(16)17/h4-8,11,18H,1,9-10H2,2-3H3/t11-,15+/m1/s1. The van der Waals surface area contributed by atoms with E-state index in [4.69, 9.17) is 0 Å². The van der Waals surface area contributed by atoms with Gasteiger partial charge in [0, 0.05) is 12.1 Å². The number of fused-ring (bicyclic) bond motifs is 1. The summed E-state index contributed by atoms with van der Waals surface area (Å²) in [6.45, 7) is 7.85. The van der Waals surface area contributed by atoms with Crippen molar-refractivity contribution in [1.82, 2.24) is 4.90 Å². The van der Waals surface area contributed by atoms with Gasteiger partial charge in [0.2, 0.25) is 0 Å². The zero-order valence-electron chi connectivity index (χ0n) is 10.9. The Morgan fingerprint density at radius 1 is 1.56 bits per heavy atom. The van der Waals surface area contributed by atoms with E-state index in [1.54, 1.807) is 17.9 Å². The molecule has 0 unspecified atom stereocenters. The predicted molar refractivity (Wildman–Crippen MR) is 71.2 cm³/mol. The maximum Gasteiger partial charge on any atom is 0.254 e. The average molecular weight is 245 g/mol. The van der Waals surface area contributed by atoms with Crippen LogP contribution in [0.4, 0.5) is 0 Å². The van der Waals surface area contributed by atoms with Crippen LogP contribution in [0.1, 0.15) is 36.2 Å². The highest BCUT2D eigenvalue weighted by molar-refractivity contribution is 5.98. The highest BCUT2D eigenvalue weighted by Crippen LogP contribution is 2.29. The number of carbonyl (C=O) groups is 1. The van der Waals surface area contributed by atoms with E-state index in [0.717, 1.165) is 11.1 Å². The number of nitrogens with zero attached hydrogens (tertiary/aromatic N) is 1. The van der Waals surface area contributed by atoms with E-state index in [1.807, 2.05) is 31.2 Å². The summed E-state index contributed by atoms with van der Waals surface area (Å²) >= 11 is 0. The number of benzene rings is 1. The molecule has 2 atom stereocenters. The second-order valence-corrected chi connectivity index (χ2v) is 5.12. The van der Waals surface area contributed by atoms with E-state index in [-0.39, 0.29) is 11.9 Å². The van der Waals surface area contributed by atoms with Crippen LogP contribution in [0.15, 0.2) is 36.9 Å². The largest absolute Gasteiger partial charge is 0.388 e. The molecule has 1 N–H and O–H groups in total. The van der Waals surface area contributed by atoms with Crippen LogP contribution in [0.2, 0.25) is 0 Å². The van der Waals surface area contributed by atoms with Crippen molar-refractivity contribution >= 4 is 5.91 Å². The van der Waals surface area contributed by atoms with Gasteiger partial charge in [-0.25, -0.2) is 0 Å². The minimum Gasteiger partial charge on any atom is -0.388 e. The number of rotatable bonds is 4. The molecule has 0 bridgehead atoms. The Balaban J connectivity index is 2.23. The average Bonchev–Trinajstić information content (AvgIpc) is 2.66. The summed E-state index contributed by atoms with van der Waals surface area (Å²) < 4.78 is 0. The van der Waals surface area contributed by atoms with Gasteiger partial charge >= 0.3 is 0 Å². The molecule has 2 rings (SSSR count). The molecule has 1 aromatic carbocycles. The first-order valence-corrected chi connectivity index (χ1v) is 6.19. The van der Waals surface area contributed by atoms with Crippen LogP contribution in [0.25, 0.3) is 0 Å². The summed E-state index contributed by atoms with van der Waals surface area (Å²) in [6, 6.07) is 7.36. The first kappa shape index (κ1) is 12.8. The van der Waals surface area contributed by atoms with Crippen LogP contribution in [-0.4, -0.2) is 27.6 Å². The molecule has 1 aromatic rings. The summed E-state index contributed by atoms with van der Waals surface area (Å²) in [6.07, 6.45) is 2.15. The molecule has 0 aliphatic carbocycles. The number of amides is 1. The second-order valence-electron chi connectivity index (χ2n) is 5.12. The Kier molecular flexibility index (Phi) is 3.26. The fraction of sp³-hybridized carbons (Fsp3) is 0.400. The van der Waals surface area contributed by atoms with Crippen LogP contribution in [0, 0.1) is 0 Å². The summed E-state index contributed by atoms with van der Waals surface area (Å²) in [5.74, 6) is 0.00226. The van der Waals surface area contributed by atoms with Gasteiger partial charge in [-0.1, -0.05) is 24.3 Å². The maximum atomic E-state index is 12.3. The van der Waals surface area contributed by atoms with Gasteiger partial charge in [-0.15, -0.1) is 6.58 Å². The van der Waals surface area contributed by atoms with Crippen LogP contribution >= 0.6 is 0 Å². The van der Waals surface area contributed by atoms with Crippen molar-refractivity contribution in [3.05, 3.63) is 48.0 Å². The predicted octanol–water partition coefficient (Wildman–Crippen LogP) is 2.36. The van der Waals surface area contributed by atoms with Crippen LogP contribution in [0.3, 0.4) is 0 Å². The Labute approximate surface area is 108 Å². The highest BCUT2D eigenvalue weighted by Gasteiger charge is 2.38. The quantitative estimate of drug-likeness (QED) is 0.827. The Hall–Kier alpha value is -1.61. The van der Waals surface area contributed by atoms with E-state index in [1.165, 1.54) is 0 Å². The van der Waals surface area contributed by atoms with Crippen LogP contribution in [-0.2, 0) is 6.54 Å². The molecular weight excluding hydrogens is 226 g/mol. The fourth-order valence-corrected chi connectivity index (χ4v) is 2.39. The Bertz CT molecular complexity index is 479. The van der Waals surface area contributed by atoms with Crippen LogP contribution in [0.5, 0.6) is 0 Å². The Morgan fingerprint density at radius 3 is 2.83 bits per heavy atom. The summed E-state index contributed by atoms with van der Waals surface area (Å²) in [5, 5.41) is 10.4. The Morgan fingerprint density at radius 2 is 2.22 bits per heavy atom. The summed E-state index contributed by atoms with van der Waals surface area (Å²) in [4.78, 5) is 14.0. The first-order chi connectivity index (χ1) is 8.47.